The molecule has 0 radical (unpaired) electrons. The lowest BCUT2D eigenvalue weighted by molar-refractivity contribution is 0.569. The zero-order valence-corrected chi connectivity index (χ0v) is 29.5. The van der Waals surface area contributed by atoms with E-state index in [0.29, 0.717) is 5.82 Å². The van der Waals surface area contributed by atoms with Gasteiger partial charge in [-0.1, -0.05) is 120 Å². The van der Waals surface area contributed by atoms with Crippen LogP contribution in [0.25, 0.3) is 67.3 Å². The molecule has 0 spiro atoms. The lowest BCUT2D eigenvalue weighted by Gasteiger charge is -2.26. The Kier molecular flexibility index (Phi) is 8.67. The summed E-state index contributed by atoms with van der Waals surface area (Å²) in [7, 11) is 0. The van der Waals surface area contributed by atoms with Crippen molar-refractivity contribution in [1.29, 1.82) is 0 Å². The van der Waals surface area contributed by atoms with Gasteiger partial charge in [-0.3, -0.25) is 4.98 Å². The second kappa shape index (κ2) is 13.2. The summed E-state index contributed by atoms with van der Waals surface area (Å²) < 4.78 is 0. The third-order valence-corrected chi connectivity index (χ3v) is 9.05. The minimum atomic E-state index is -0.0156. The highest BCUT2D eigenvalue weighted by atomic mass is 14.9. The molecule has 0 aliphatic rings. The molecule has 50 heavy (non-hydrogen) atoms. The third kappa shape index (κ3) is 7.13. The first-order chi connectivity index (χ1) is 24.0. The van der Waals surface area contributed by atoms with Crippen LogP contribution in [0, 0.1) is 0 Å². The second-order valence-electron chi connectivity index (χ2n) is 14.9. The summed E-state index contributed by atoms with van der Waals surface area (Å²) >= 11 is 0. The maximum Gasteiger partial charge on any atom is 0.160 e. The fraction of sp³-hybridized carbons (Fsp3) is 0.178. The van der Waals surface area contributed by atoms with Crippen molar-refractivity contribution in [1.82, 2.24) is 24.9 Å². The molecule has 0 aliphatic carbocycles. The Morgan fingerprint density at radius 1 is 0.380 bits per heavy atom. The summed E-state index contributed by atoms with van der Waals surface area (Å²) in [6.45, 7) is 13.6. The molecule has 0 N–H and O–H groups in total. The monoisotopic (exact) mass is 651 g/mol. The Hall–Kier alpha value is -5.81. The van der Waals surface area contributed by atoms with Gasteiger partial charge in [-0.25, -0.2) is 19.9 Å². The Balaban J connectivity index is 1.43. The molecule has 0 aliphatic heterocycles. The first kappa shape index (κ1) is 32.7. The van der Waals surface area contributed by atoms with Gasteiger partial charge in [0.25, 0.3) is 0 Å². The van der Waals surface area contributed by atoms with Crippen molar-refractivity contribution in [3.63, 3.8) is 0 Å². The predicted molar refractivity (Wildman–Crippen MR) is 205 cm³/mol. The number of nitrogens with zero attached hydrogens (tertiary/aromatic N) is 5. The SMILES string of the molecule is CC(C)(C)c1cc(-c2cc(-c3cncnc3)cc(-c3nc(-c4ccccc4)cc(-c4ccc(-c5cccnc5)cc4)n3)c2)cc(C(C)(C)C)c1. The molecule has 0 atom stereocenters. The standard InChI is InChI=1S/C45H41N5/c1-44(2,3)39-22-36(23-40(24-39)45(4,5)6)34-19-35(38-27-47-29-48-28-38)21-37(20-34)43-49-41(31-11-8-7-9-12-31)25-42(50-43)32-16-14-30(15-17-32)33-13-10-18-46-26-33/h7-29H,1-6H3. The molecule has 0 saturated carbocycles. The fourth-order valence-electron chi connectivity index (χ4n) is 6.05. The Bertz CT molecular complexity index is 2220. The average Bonchev–Trinajstić information content (AvgIpc) is 3.15. The van der Waals surface area contributed by atoms with Crippen LogP contribution < -0.4 is 0 Å². The van der Waals surface area contributed by atoms with Crippen molar-refractivity contribution in [3.8, 4) is 67.3 Å². The Morgan fingerprint density at radius 3 is 1.46 bits per heavy atom. The average molecular weight is 652 g/mol. The Morgan fingerprint density at radius 2 is 0.880 bits per heavy atom. The van der Waals surface area contributed by atoms with Crippen LogP contribution in [0.2, 0.25) is 0 Å². The van der Waals surface area contributed by atoms with Crippen LogP contribution in [-0.4, -0.2) is 24.9 Å². The summed E-state index contributed by atoms with van der Waals surface area (Å²) in [6.07, 6.45) is 8.96. The molecule has 5 heteroatoms. The second-order valence-corrected chi connectivity index (χ2v) is 14.9. The van der Waals surface area contributed by atoms with E-state index in [-0.39, 0.29) is 10.8 Å². The summed E-state index contributed by atoms with van der Waals surface area (Å²) in [5, 5.41) is 0. The highest BCUT2D eigenvalue weighted by Gasteiger charge is 2.22. The summed E-state index contributed by atoms with van der Waals surface area (Å²) in [5.41, 5.74) is 13.6. The molecule has 246 valence electrons. The number of pyridine rings is 1. The zero-order chi connectivity index (χ0) is 34.9. The van der Waals surface area contributed by atoms with Gasteiger partial charge in [0.1, 0.15) is 6.33 Å². The molecule has 0 saturated heterocycles. The number of aromatic nitrogens is 5. The van der Waals surface area contributed by atoms with Crippen molar-refractivity contribution >= 4 is 0 Å². The van der Waals surface area contributed by atoms with Crippen LogP contribution >= 0.6 is 0 Å². The quantitative estimate of drug-likeness (QED) is 0.179. The van der Waals surface area contributed by atoms with E-state index in [2.05, 4.69) is 141 Å². The molecule has 3 aromatic heterocycles. The van der Waals surface area contributed by atoms with Gasteiger partial charge in [-0.15, -0.1) is 0 Å². The maximum atomic E-state index is 5.23. The van der Waals surface area contributed by atoms with Gasteiger partial charge in [-0.05, 0) is 80.1 Å². The Labute approximate surface area is 295 Å². The molecular weight excluding hydrogens is 611 g/mol. The first-order valence-electron chi connectivity index (χ1n) is 17.0. The van der Waals surface area contributed by atoms with Crippen molar-refractivity contribution < 1.29 is 0 Å². The number of hydrogen-bond acceptors (Lipinski definition) is 5. The minimum absolute atomic E-state index is 0.0156. The van der Waals surface area contributed by atoms with Crippen molar-refractivity contribution in [2.24, 2.45) is 0 Å². The van der Waals surface area contributed by atoms with Crippen LogP contribution in [0.5, 0.6) is 0 Å². The van der Waals surface area contributed by atoms with Gasteiger partial charge >= 0.3 is 0 Å². The van der Waals surface area contributed by atoms with Crippen LogP contribution in [0.15, 0.2) is 140 Å². The van der Waals surface area contributed by atoms with Crippen molar-refractivity contribution in [2.45, 2.75) is 52.4 Å². The topological polar surface area (TPSA) is 64.5 Å². The van der Waals surface area contributed by atoms with Crippen molar-refractivity contribution in [2.75, 3.05) is 0 Å². The third-order valence-electron chi connectivity index (χ3n) is 9.05. The molecule has 3 heterocycles. The van der Waals surface area contributed by atoms with Gasteiger partial charge < -0.3 is 0 Å². The van der Waals surface area contributed by atoms with E-state index in [1.54, 1.807) is 12.5 Å². The van der Waals surface area contributed by atoms with E-state index >= 15 is 0 Å². The molecule has 7 aromatic rings. The molecule has 0 amide bonds. The van der Waals surface area contributed by atoms with Gasteiger partial charge in [0, 0.05) is 47.0 Å². The maximum absolute atomic E-state index is 5.23. The van der Waals surface area contributed by atoms with Gasteiger partial charge in [0.2, 0.25) is 0 Å². The first-order valence-corrected chi connectivity index (χ1v) is 17.0. The van der Waals surface area contributed by atoms with E-state index in [1.165, 1.54) is 11.1 Å². The van der Waals surface area contributed by atoms with E-state index in [1.807, 2.05) is 42.9 Å². The number of rotatable bonds is 6. The van der Waals surface area contributed by atoms with E-state index in [4.69, 9.17) is 9.97 Å². The molecule has 0 fully saturated rings. The van der Waals surface area contributed by atoms with Gasteiger partial charge in [0.15, 0.2) is 5.82 Å². The zero-order valence-electron chi connectivity index (χ0n) is 29.5. The van der Waals surface area contributed by atoms with Crippen LogP contribution in [0.1, 0.15) is 52.7 Å². The van der Waals surface area contributed by atoms with E-state index < -0.39 is 0 Å². The highest BCUT2D eigenvalue weighted by molar-refractivity contribution is 5.81. The van der Waals surface area contributed by atoms with E-state index in [9.17, 15) is 0 Å². The molecule has 4 aromatic carbocycles. The minimum Gasteiger partial charge on any atom is -0.264 e. The normalized spacial score (nSPS) is 11.8. The molecular formula is C45H41N5. The van der Waals surface area contributed by atoms with Crippen LogP contribution in [0.4, 0.5) is 0 Å². The molecule has 0 bridgehead atoms. The molecule has 7 rings (SSSR count). The van der Waals surface area contributed by atoms with Gasteiger partial charge in [-0.2, -0.15) is 0 Å². The van der Waals surface area contributed by atoms with Crippen LogP contribution in [-0.2, 0) is 10.8 Å². The van der Waals surface area contributed by atoms with E-state index in [0.717, 1.165) is 61.5 Å². The van der Waals surface area contributed by atoms with Gasteiger partial charge in [0.05, 0.1) is 11.4 Å². The lowest BCUT2D eigenvalue weighted by Crippen LogP contribution is -2.16. The summed E-state index contributed by atoms with van der Waals surface area (Å²) in [6, 6.07) is 38.5. The number of hydrogen-bond donors (Lipinski definition) is 0. The highest BCUT2D eigenvalue weighted by Crippen LogP contribution is 2.38. The fourth-order valence-corrected chi connectivity index (χ4v) is 6.05. The largest absolute Gasteiger partial charge is 0.264 e. The summed E-state index contributed by atoms with van der Waals surface area (Å²) in [4.78, 5) is 23.4. The lowest BCUT2D eigenvalue weighted by atomic mass is 9.78. The predicted octanol–water partition coefficient (Wildman–Crippen LogP) is 11.3. The smallest absolute Gasteiger partial charge is 0.160 e. The number of benzene rings is 4. The van der Waals surface area contributed by atoms with Crippen molar-refractivity contribution in [3.05, 3.63) is 151 Å². The molecule has 0 unspecified atom stereocenters. The molecule has 5 nitrogen and oxygen atoms in total. The van der Waals surface area contributed by atoms with Crippen LogP contribution in [0.3, 0.4) is 0 Å². The summed E-state index contributed by atoms with van der Waals surface area (Å²) in [5.74, 6) is 0.653.